The van der Waals surface area contributed by atoms with E-state index in [9.17, 15) is 0 Å². The second kappa shape index (κ2) is 5.01. The molecule has 5 heteroatoms. The van der Waals surface area contributed by atoms with E-state index in [-0.39, 0.29) is 0 Å². The molecule has 1 N–H and O–H groups in total. The number of rotatable bonds is 4. The van der Waals surface area contributed by atoms with Crippen LogP contribution in [0.5, 0.6) is 5.75 Å². The average Bonchev–Trinajstić information content (AvgIpc) is 2.75. The van der Waals surface area contributed by atoms with Crippen LogP contribution in [0.2, 0.25) is 5.02 Å². The molecule has 0 aliphatic carbocycles. The number of nitrogens with one attached hydrogen (secondary N) is 1. The maximum Gasteiger partial charge on any atom is 0.159 e. The Kier molecular flexibility index (Phi) is 3.44. The van der Waals surface area contributed by atoms with Gasteiger partial charge in [-0.1, -0.05) is 17.7 Å². The van der Waals surface area contributed by atoms with Crippen molar-refractivity contribution >= 4 is 11.6 Å². The van der Waals surface area contributed by atoms with Crippen LogP contribution in [0.15, 0.2) is 36.7 Å². The summed E-state index contributed by atoms with van der Waals surface area (Å²) in [5.41, 5.74) is 0.909. The van der Waals surface area contributed by atoms with Gasteiger partial charge < -0.3 is 4.74 Å². The van der Waals surface area contributed by atoms with Gasteiger partial charge in [-0.05, 0) is 25.2 Å². The van der Waals surface area contributed by atoms with Gasteiger partial charge in [-0.15, -0.1) is 0 Å². The molecular weight excluding hydrogens is 226 g/mol. The van der Waals surface area contributed by atoms with Crippen LogP contribution in [0.3, 0.4) is 0 Å². The van der Waals surface area contributed by atoms with Gasteiger partial charge in [0, 0.05) is 5.02 Å². The molecule has 1 aromatic carbocycles. The Labute approximate surface area is 98.8 Å². The first-order chi connectivity index (χ1) is 7.79. The molecule has 0 aliphatic heterocycles. The number of benzene rings is 1. The standard InChI is InChI=1S/C11H12ClN3O/c1-13-8-16-11-6-14-15(7-11)10-4-2-3-9(12)5-10/h2-7,13H,8H2,1H3. The van der Waals surface area contributed by atoms with E-state index in [1.807, 2.05) is 37.5 Å². The molecule has 1 heterocycles. The number of nitrogens with zero attached hydrogens (tertiary/aromatic N) is 2. The van der Waals surface area contributed by atoms with Crippen LogP contribution < -0.4 is 10.1 Å². The lowest BCUT2D eigenvalue weighted by Crippen LogP contribution is -2.13. The minimum Gasteiger partial charge on any atom is -0.475 e. The summed E-state index contributed by atoms with van der Waals surface area (Å²) in [7, 11) is 1.82. The van der Waals surface area contributed by atoms with E-state index in [0.29, 0.717) is 17.5 Å². The summed E-state index contributed by atoms with van der Waals surface area (Å²) < 4.78 is 7.08. The molecule has 2 rings (SSSR count). The second-order valence-electron chi connectivity index (χ2n) is 3.24. The molecule has 0 atom stereocenters. The van der Waals surface area contributed by atoms with Crippen molar-refractivity contribution in [2.24, 2.45) is 0 Å². The molecular formula is C11H12ClN3O. The zero-order valence-corrected chi connectivity index (χ0v) is 9.61. The summed E-state index contributed by atoms with van der Waals surface area (Å²) >= 11 is 5.90. The Balaban J connectivity index is 2.18. The third kappa shape index (κ3) is 2.53. The lowest BCUT2D eigenvalue weighted by molar-refractivity contribution is 0.296. The normalized spacial score (nSPS) is 10.4. The van der Waals surface area contributed by atoms with E-state index in [4.69, 9.17) is 16.3 Å². The predicted molar refractivity (Wildman–Crippen MR) is 63.1 cm³/mol. The van der Waals surface area contributed by atoms with Crippen molar-refractivity contribution in [3.63, 3.8) is 0 Å². The highest BCUT2D eigenvalue weighted by atomic mass is 35.5. The molecule has 0 aliphatic rings. The monoisotopic (exact) mass is 237 g/mol. The molecule has 0 amide bonds. The van der Waals surface area contributed by atoms with Crippen molar-refractivity contribution in [1.29, 1.82) is 0 Å². The summed E-state index contributed by atoms with van der Waals surface area (Å²) in [4.78, 5) is 0. The fourth-order valence-electron chi connectivity index (χ4n) is 1.30. The molecule has 0 radical (unpaired) electrons. The Hall–Kier alpha value is -1.52. The van der Waals surface area contributed by atoms with Crippen LogP contribution in [0.25, 0.3) is 5.69 Å². The molecule has 0 bridgehead atoms. The van der Waals surface area contributed by atoms with E-state index in [0.717, 1.165) is 5.69 Å². The van der Waals surface area contributed by atoms with E-state index >= 15 is 0 Å². The summed E-state index contributed by atoms with van der Waals surface area (Å²) in [6, 6.07) is 7.48. The lowest BCUT2D eigenvalue weighted by Gasteiger charge is -2.01. The zero-order chi connectivity index (χ0) is 11.4. The first-order valence-corrected chi connectivity index (χ1v) is 5.25. The fraction of sp³-hybridized carbons (Fsp3) is 0.182. The highest BCUT2D eigenvalue weighted by Crippen LogP contribution is 2.16. The molecule has 0 unspecified atom stereocenters. The largest absolute Gasteiger partial charge is 0.475 e. The number of hydrogen-bond acceptors (Lipinski definition) is 3. The Morgan fingerprint density at radius 2 is 2.38 bits per heavy atom. The molecule has 0 fully saturated rings. The van der Waals surface area contributed by atoms with Gasteiger partial charge in [0.2, 0.25) is 0 Å². The van der Waals surface area contributed by atoms with Gasteiger partial charge in [-0.3, -0.25) is 5.32 Å². The maximum atomic E-state index is 5.90. The Morgan fingerprint density at radius 3 is 3.12 bits per heavy atom. The number of hydrogen-bond donors (Lipinski definition) is 1. The van der Waals surface area contributed by atoms with Gasteiger partial charge in [0.05, 0.1) is 18.1 Å². The lowest BCUT2D eigenvalue weighted by atomic mass is 10.3. The minimum absolute atomic E-state index is 0.460. The summed E-state index contributed by atoms with van der Waals surface area (Å²) in [6.45, 7) is 0.460. The van der Waals surface area contributed by atoms with Crippen LogP contribution in [0.4, 0.5) is 0 Å². The molecule has 1 aromatic heterocycles. The first-order valence-electron chi connectivity index (χ1n) is 4.87. The topological polar surface area (TPSA) is 39.1 Å². The molecule has 0 saturated heterocycles. The van der Waals surface area contributed by atoms with Gasteiger partial charge in [0.25, 0.3) is 0 Å². The highest BCUT2D eigenvalue weighted by molar-refractivity contribution is 6.30. The quantitative estimate of drug-likeness (QED) is 0.828. The van der Waals surface area contributed by atoms with Crippen molar-refractivity contribution in [2.75, 3.05) is 13.8 Å². The molecule has 4 nitrogen and oxygen atoms in total. The second-order valence-corrected chi connectivity index (χ2v) is 3.68. The molecule has 0 saturated carbocycles. The predicted octanol–water partition coefficient (Wildman–Crippen LogP) is 2.08. The maximum absolute atomic E-state index is 5.90. The van der Waals surface area contributed by atoms with Crippen LogP contribution in [0, 0.1) is 0 Å². The van der Waals surface area contributed by atoms with Crippen LogP contribution >= 0.6 is 11.6 Å². The molecule has 84 valence electrons. The SMILES string of the molecule is CNCOc1cnn(-c2cccc(Cl)c2)c1. The van der Waals surface area contributed by atoms with Crippen molar-refractivity contribution in [3.8, 4) is 11.4 Å². The van der Waals surface area contributed by atoms with E-state index in [2.05, 4.69) is 10.4 Å². The first kappa shape index (κ1) is 11.0. The smallest absolute Gasteiger partial charge is 0.159 e. The van der Waals surface area contributed by atoms with Gasteiger partial charge in [0.15, 0.2) is 5.75 Å². The van der Waals surface area contributed by atoms with E-state index in [1.165, 1.54) is 0 Å². The van der Waals surface area contributed by atoms with Crippen LogP contribution in [-0.2, 0) is 0 Å². The van der Waals surface area contributed by atoms with E-state index < -0.39 is 0 Å². The third-order valence-corrected chi connectivity index (χ3v) is 2.25. The van der Waals surface area contributed by atoms with Crippen LogP contribution in [0.1, 0.15) is 0 Å². The van der Waals surface area contributed by atoms with Crippen molar-refractivity contribution in [2.45, 2.75) is 0 Å². The van der Waals surface area contributed by atoms with Gasteiger partial charge in [-0.2, -0.15) is 5.10 Å². The molecule has 2 aromatic rings. The Bertz CT molecular complexity index is 470. The highest BCUT2D eigenvalue weighted by Gasteiger charge is 2.01. The summed E-state index contributed by atoms with van der Waals surface area (Å²) in [5.74, 6) is 0.717. The van der Waals surface area contributed by atoms with Gasteiger partial charge in [-0.25, -0.2) is 4.68 Å². The summed E-state index contributed by atoms with van der Waals surface area (Å²) in [5, 5.41) is 7.77. The third-order valence-electron chi connectivity index (χ3n) is 2.01. The number of aromatic nitrogens is 2. The summed E-state index contributed by atoms with van der Waals surface area (Å²) in [6.07, 6.45) is 3.47. The average molecular weight is 238 g/mol. The van der Waals surface area contributed by atoms with Crippen molar-refractivity contribution in [1.82, 2.24) is 15.1 Å². The van der Waals surface area contributed by atoms with Gasteiger partial charge >= 0.3 is 0 Å². The van der Waals surface area contributed by atoms with Crippen molar-refractivity contribution < 1.29 is 4.74 Å². The van der Waals surface area contributed by atoms with E-state index in [1.54, 1.807) is 10.9 Å². The van der Waals surface area contributed by atoms with Crippen LogP contribution in [-0.4, -0.2) is 23.6 Å². The fourth-order valence-corrected chi connectivity index (χ4v) is 1.48. The Morgan fingerprint density at radius 1 is 1.50 bits per heavy atom. The minimum atomic E-state index is 0.460. The molecule has 0 spiro atoms. The molecule has 16 heavy (non-hydrogen) atoms. The van der Waals surface area contributed by atoms with Gasteiger partial charge in [0.1, 0.15) is 6.73 Å². The number of ether oxygens (including phenoxy) is 1. The van der Waals surface area contributed by atoms with Crippen molar-refractivity contribution in [3.05, 3.63) is 41.7 Å². The number of halogens is 1. The zero-order valence-electron chi connectivity index (χ0n) is 8.85.